The summed E-state index contributed by atoms with van der Waals surface area (Å²) in [6.45, 7) is 4.35. The van der Waals surface area contributed by atoms with Crippen molar-refractivity contribution in [2.45, 2.75) is 32.5 Å². The van der Waals surface area contributed by atoms with Gasteiger partial charge in [0.15, 0.2) is 5.82 Å². The lowest BCUT2D eigenvalue weighted by molar-refractivity contribution is -0.145. The van der Waals surface area contributed by atoms with Crippen molar-refractivity contribution >= 4 is 44.6 Å². The monoisotopic (exact) mass is 595 g/mol. The van der Waals surface area contributed by atoms with Crippen LogP contribution in [0.2, 0.25) is 0 Å². The van der Waals surface area contributed by atoms with Crippen LogP contribution >= 0.6 is 0 Å². The number of halogens is 3. The van der Waals surface area contributed by atoms with Gasteiger partial charge in [0.1, 0.15) is 27.2 Å². The minimum atomic E-state index is -4.78. The Balaban J connectivity index is 1.88. The quantitative estimate of drug-likeness (QED) is 0.436. The molecule has 3 aromatic rings. The fourth-order valence-electron chi connectivity index (χ4n) is 4.85. The smallest absolute Gasteiger partial charge is 0.382 e. The number of anilines is 2. The minimum absolute atomic E-state index is 0.00720. The number of amides is 3. The molecule has 0 saturated carbocycles. The molecule has 2 aromatic heterocycles. The number of alkyl halides is 3. The Morgan fingerprint density at radius 3 is 2.46 bits per heavy atom. The number of nitrogens with one attached hydrogen (secondary N) is 1. The number of piperazine rings is 1. The first kappa shape index (κ1) is 29.8. The number of nitrogens with zero attached hydrogens (tertiary/aromatic N) is 5. The molecule has 1 saturated heterocycles. The van der Waals surface area contributed by atoms with E-state index < -0.39 is 50.3 Å². The average Bonchev–Trinajstić information content (AvgIpc) is 3.26. The van der Waals surface area contributed by atoms with Crippen molar-refractivity contribution < 1.29 is 36.0 Å². The van der Waals surface area contributed by atoms with Crippen molar-refractivity contribution in [2.24, 2.45) is 0 Å². The average molecular weight is 596 g/mol. The minimum Gasteiger partial charge on any atom is -0.382 e. The van der Waals surface area contributed by atoms with E-state index in [1.807, 2.05) is 0 Å². The number of benzene rings is 1. The van der Waals surface area contributed by atoms with Crippen LogP contribution in [0.25, 0.3) is 16.8 Å². The Kier molecular flexibility index (Phi) is 7.49. The highest BCUT2D eigenvalue weighted by molar-refractivity contribution is 7.90. The zero-order valence-electron chi connectivity index (χ0n) is 22.6. The number of sulfone groups is 1. The first-order valence-electron chi connectivity index (χ1n) is 12.3. The molecule has 16 heteroatoms. The number of carbonyl (C=O) groups excluding carboxylic acids is 3. The number of fused-ring (bicyclic) bond motifs is 1. The molecule has 4 rings (SSSR count). The molecule has 3 amide bonds. The molecule has 0 bridgehead atoms. The molecule has 1 aromatic carbocycles. The van der Waals surface area contributed by atoms with Gasteiger partial charge in [0.25, 0.3) is 11.8 Å². The Morgan fingerprint density at radius 1 is 1.17 bits per heavy atom. The lowest BCUT2D eigenvalue weighted by Gasteiger charge is -2.45. The zero-order chi connectivity index (χ0) is 30.5. The van der Waals surface area contributed by atoms with Crippen molar-refractivity contribution in [1.29, 1.82) is 0 Å². The Morgan fingerprint density at radius 2 is 1.85 bits per heavy atom. The molecule has 1 aliphatic heterocycles. The van der Waals surface area contributed by atoms with Crippen molar-refractivity contribution in [2.75, 3.05) is 42.3 Å². The van der Waals surface area contributed by atoms with Gasteiger partial charge in [0.05, 0.1) is 28.3 Å². The first-order valence-corrected chi connectivity index (χ1v) is 14.4. The molecule has 3 heterocycles. The SMILES string of the molecule is CC(=O)N1CCN(c2cc(-c3cc(C(F)(F)F)c4c(N)ncnn34)ccc2C(=O)NCCS(C)(=O)=O)C(=O)C1(C)C. The standard InChI is InChI=1S/C25H28F3N7O5S/c1-14(36)34-9-8-33(23(38)24(34,2)3)19-11-15(5-6-16(19)22(37)30-7-10-41(4,39)40)18-12-17(25(26,27)28)20-21(29)31-13-32-35(18)20/h5-6,11-13H,7-10H2,1-4H3,(H,30,37)(H2,29,31,32). The number of hydrogen-bond acceptors (Lipinski definition) is 8. The molecule has 0 radical (unpaired) electrons. The highest BCUT2D eigenvalue weighted by Crippen LogP contribution is 2.40. The Hall–Kier alpha value is -4.21. The largest absolute Gasteiger partial charge is 0.418 e. The Labute approximate surface area is 233 Å². The molecule has 3 N–H and O–H groups in total. The van der Waals surface area contributed by atoms with Gasteiger partial charge in [0.2, 0.25) is 5.91 Å². The van der Waals surface area contributed by atoms with E-state index in [0.29, 0.717) is 0 Å². The lowest BCUT2D eigenvalue weighted by Crippen LogP contribution is -2.64. The highest BCUT2D eigenvalue weighted by Gasteiger charge is 2.44. The summed E-state index contributed by atoms with van der Waals surface area (Å²) in [5.41, 5.74) is 3.14. The van der Waals surface area contributed by atoms with Gasteiger partial charge < -0.3 is 20.9 Å². The summed E-state index contributed by atoms with van der Waals surface area (Å²) in [6, 6.07) is 4.94. The van der Waals surface area contributed by atoms with E-state index in [1.54, 1.807) is 13.8 Å². The van der Waals surface area contributed by atoms with Crippen LogP contribution in [0.15, 0.2) is 30.6 Å². The molecule has 1 fully saturated rings. The molecule has 220 valence electrons. The highest BCUT2D eigenvalue weighted by atomic mass is 32.2. The Bertz CT molecular complexity index is 1670. The van der Waals surface area contributed by atoms with E-state index in [1.165, 1.54) is 34.9 Å². The van der Waals surface area contributed by atoms with Gasteiger partial charge >= 0.3 is 6.18 Å². The summed E-state index contributed by atoms with van der Waals surface area (Å²) in [5.74, 6) is -2.27. The second-order valence-electron chi connectivity index (χ2n) is 10.2. The fraction of sp³-hybridized carbons (Fsp3) is 0.400. The summed E-state index contributed by atoms with van der Waals surface area (Å²) in [4.78, 5) is 45.4. The number of nitrogens with two attached hydrogens (primary N) is 1. The van der Waals surface area contributed by atoms with Gasteiger partial charge in [0, 0.05) is 38.4 Å². The molecule has 1 aliphatic rings. The third-order valence-corrected chi connectivity index (χ3v) is 7.79. The summed E-state index contributed by atoms with van der Waals surface area (Å²) in [7, 11) is -3.38. The van der Waals surface area contributed by atoms with Gasteiger partial charge in [-0.2, -0.15) is 18.3 Å². The van der Waals surface area contributed by atoms with Gasteiger partial charge in [-0.1, -0.05) is 6.07 Å². The van der Waals surface area contributed by atoms with Crippen LogP contribution < -0.4 is 16.0 Å². The normalized spacial score (nSPS) is 15.8. The molecule has 41 heavy (non-hydrogen) atoms. The van der Waals surface area contributed by atoms with Crippen molar-refractivity contribution in [3.05, 3.63) is 41.7 Å². The molecule has 0 spiro atoms. The molecule has 0 unspecified atom stereocenters. The van der Waals surface area contributed by atoms with Crippen molar-refractivity contribution in [3.63, 3.8) is 0 Å². The summed E-state index contributed by atoms with van der Waals surface area (Å²) < 4.78 is 65.8. The maximum atomic E-state index is 13.9. The van der Waals surface area contributed by atoms with Gasteiger partial charge in [-0.05, 0) is 32.0 Å². The summed E-state index contributed by atoms with van der Waals surface area (Å²) >= 11 is 0. The lowest BCUT2D eigenvalue weighted by atomic mass is 9.95. The van der Waals surface area contributed by atoms with Crippen LogP contribution in [0.1, 0.15) is 36.7 Å². The number of rotatable bonds is 6. The molecule has 12 nitrogen and oxygen atoms in total. The van der Waals surface area contributed by atoms with E-state index >= 15 is 0 Å². The predicted octanol–water partition coefficient (Wildman–Crippen LogP) is 1.75. The zero-order valence-corrected chi connectivity index (χ0v) is 23.4. The van der Waals surface area contributed by atoms with Crippen LogP contribution in [0.4, 0.5) is 24.7 Å². The third kappa shape index (κ3) is 5.68. The van der Waals surface area contributed by atoms with E-state index in [-0.39, 0.29) is 53.8 Å². The van der Waals surface area contributed by atoms with Crippen LogP contribution in [-0.2, 0) is 25.6 Å². The van der Waals surface area contributed by atoms with E-state index in [9.17, 15) is 36.0 Å². The van der Waals surface area contributed by atoms with Crippen LogP contribution in [0, 0.1) is 0 Å². The third-order valence-electron chi connectivity index (χ3n) is 6.85. The van der Waals surface area contributed by atoms with Crippen LogP contribution in [-0.4, -0.2) is 82.8 Å². The van der Waals surface area contributed by atoms with Crippen LogP contribution in [0.3, 0.4) is 0 Å². The first-order chi connectivity index (χ1) is 18.9. The molecular weight excluding hydrogens is 567 g/mol. The topological polar surface area (TPSA) is 160 Å². The van der Waals surface area contributed by atoms with Crippen molar-refractivity contribution in [1.82, 2.24) is 24.8 Å². The van der Waals surface area contributed by atoms with Gasteiger partial charge in [-0.3, -0.25) is 14.4 Å². The number of aromatic nitrogens is 3. The summed E-state index contributed by atoms with van der Waals surface area (Å²) in [5, 5.41) is 6.45. The van der Waals surface area contributed by atoms with Crippen molar-refractivity contribution in [3.8, 4) is 11.3 Å². The van der Waals surface area contributed by atoms with E-state index in [2.05, 4.69) is 15.4 Å². The summed E-state index contributed by atoms with van der Waals surface area (Å²) in [6.07, 6.45) is -2.76. The fourth-order valence-corrected chi connectivity index (χ4v) is 5.32. The number of carbonyl (C=O) groups is 3. The van der Waals surface area contributed by atoms with E-state index in [0.717, 1.165) is 23.2 Å². The molecular formula is C25H28F3N7O5S. The number of hydrogen-bond donors (Lipinski definition) is 2. The second-order valence-corrected chi connectivity index (χ2v) is 12.4. The number of nitrogen functional groups attached to an aromatic ring is 1. The van der Waals surface area contributed by atoms with E-state index in [4.69, 9.17) is 5.73 Å². The van der Waals surface area contributed by atoms with Crippen LogP contribution in [0.5, 0.6) is 0 Å². The maximum absolute atomic E-state index is 13.9. The van der Waals surface area contributed by atoms with Gasteiger partial charge in [-0.25, -0.2) is 17.9 Å². The molecule has 0 atom stereocenters. The second kappa shape index (κ2) is 10.3. The van der Waals surface area contributed by atoms with Gasteiger partial charge in [-0.15, -0.1) is 0 Å². The predicted molar refractivity (Wildman–Crippen MR) is 144 cm³/mol. The maximum Gasteiger partial charge on any atom is 0.418 e. The molecule has 0 aliphatic carbocycles.